The second-order valence-corrected chi connectivity index (χ2v) is 13.5. The predicted octanol–water partition coefficient (Wildman–Crippen LogP) is 8.39. The minimum atomic E-state index is -0.547. The molecule has 5 rings (SSSR count). The van der Waals surface area contributed by atoms with E-state index >= 15 is 0 Å². The van der Waals surface area contributed by atoms with Crippen molar-refractivity contribution in [2.75, 3.05) is 4.90 Å². The minimum Gasteiger partial charge on any atom is -0.489 e. The first kappa shape index (κ1) is 29.2. The highest BCUT2D eigenvalue weighted by atomic mass is 127. The molecule has 0 amide bonds. The van der Waals surface area contributed by atoms with Gasteiger partial charge in [-0.05, 0) is 120 Å². The summed E-state index contributed by atoms with van der Waals surface area (Å²) in [7, 11) is 0. The van der Waals surface area contributed by atoms with Gasteiger partial charge in [-0.1, -0.05) is 43.1 Å². The molecule has 1 aliphatic carbocycles. The van der Waals surface area contributed by atoms with Crippen molar-refractivity contribution in [2.24, 2.45) is 11.1 Å². The third-order valence-electron chi connectivity index (χ3n) is 8.00. The van der Waals surface area contributed by atoms with E-state index in [-0.39, 0.29) is 11.2 Å². The first-order valence-electron chi connectivity index (χ1n) is 13.6. The van der Waals surface area contributed by atoms with E-state index in [1.807, 2.05) is 68.1 Å². The average molecular weight is 678 g/mol. The summed E-state index contributed by atoms with van der Waals surface area (Å²) in [5, 5.41) is 11.2. The number of benzene rings is 3. The van der Waals surface area contributed by atoms with Crippen LogP contribution < -0.4 is 15.4 Å². The van der Waals surface area contributed by atoms with Gasteiger partial charge < -0.3 is 10.5 Å². The number of nitrogens with two attached hydrogens (primary N) is 1. The molecule has 0 spiro atoms. The Morgan fingerprint density at radius 1 is 1.10 bits per heavy atom. The number of rotatable bonds is 5. The highest BCUT2D eigenvalue weighted by Crippen LogP contribution is 2.51. The van der Waals surface area contributed by atoms with E-state index in [1.54, 1.807) is 0 Å². The summed E-state index contributed by atoms with van der Waals surface area (Å²) in [5.41, 5.74) is 14.3. The quantitative estimate of drug-likeness (QED) is 0.275. The van der Waals surface area contributed by atoms with Crippen LogP contribution >= 0.6 is 34.2 Å². The number of carbonyl (C=O) groups is 1. The smallest absolute Gasteiger partial charge is 0.162 e. The normalized spacial score (nSPS) is 18.3. The van der Waals surface area contributed by atoms with Gasteiger partial charge in [0.1, 0.15) is 18.2 Å². The van der Waals surface area contributed by atoms with Crippen LogP contribution in [0.3, 0.4) is 0 Å². The molecule has 1 heterocycles. The van der Waals surface area contributed by atoms with E-state index < -0.39 is 5.92 Å². The fourth-order valence-electron chi connectivity index (χ4n) is 6.05. The number of nitrogens with zero attached hydrogens (tertiary/aromatic N) is 2. The van der Waals surface area contributed by atoms with Gasteiger partial charge in [0.05, 0.1) is 17.6 Å². The number of hydrogen-bond donors (Lipinski definition) is 1. The standard InChI is InChI=1S/C34H33ClIN3O2/c1-19-12-22(18-41-30-11-6-23(35)14-20(30)2)21(3)26(13-19)31-27(17-37)33(38)39(25-9-7-24(36)8-10-25)28-15-34(4,5)16-29(40)32(28)31/h6-14,31H,15-16,18,38H2,1-5H3. The third-order valence-corrected chi connectivity index (χ3v) is 8.95. The van der Waals surface area contributed by atoms with Crippen LogP contribution in [0.4, 0.5) is 5.69 Å². The highest BCUT2D eigenvalue weighted by Gasteiger charge is 2.45. The largest absolute Gasteiger partial charge is 0.489 e. The zero-order valence-corrected chi connectivity index (χ0v) is 26.9. The Morgan fingerprint density at radius 3 is 2.46 bits per heavy atom. The summed E-state index contributed by atoms with van der Waals surface area (Å²) in [5.74, 6) is 0.653. The molecule has 0 radical (unpaired) electrons. The summed E-state index contributed by atoms with van der Waals surface area (Å²) in [6.45, 7) is 10.6. The average Bonchev–Trinajstić information content (AvgIpc) is 2.89. The van der Waals surface area contributed by atoms with Crippen LogP contribution in [-0.4, -0.2) is 5.78 Å². The number of allylic oxidation sites excluding steroid dienone is 3. The molecule has 0 aromatic heterocycles. The number of Topliss-reactive ketones (excluding diaryl/α,β-unsaturated/α-hetero) is 1. The summed E-state index contributed by atoms with van der Waals surface area (Å²) in [6.07, 6.45) is 1.09. The lowest BCUT2D eigenvalue weighted by Crippen LogP contribution is -2.42. The number of halogens is 2. The van der Waals surface area contributed by atoms with Crippen molar-refractivity contribution in [3.05, 3.63) is 114 Å². The van der Waals surface area contributed by atoms with Crippen LogP contribution in [0.1, 0.15) is 60.4 Å². The molecule has 0 saturated heterocycles. The second kappa shape index (κ2) is 11.2. The first-order chi connectivity index (χ1) is 19.4. The molecule has 7 heteroatoms. The van der Waals surface area contributed by atoms with Crippen LogP contribution in [0.15, 0.2) is 77.3 Å². The molecular weight excluding hydrogens is 645 g/mol. The molecule has 3 aromatic carbocycles. The molecule has 210 valence electrons. The van der Waals surface area contributed by atoms with Crippen molar-refractivity contribution < 1.29 is 9.53 Å². The van der Waals surface area contributed by atoms with Gasteiger partial charge in [0.25, 0.3) is 0 Å². The van der Waals surface area contributed by atoms with Crippen molar-refractivity contribution in [3.8, 4) is 11.8 Å². The van der Waals surface area contributed by atoms with Gasteiger partial charge in [-0.15, -0.1) is 0 Å². The van der Waals surface area contributed by atoms with Crippen molar-refractivity contribution in [3.63, 3.8) is 0 Å². The second-order valence-electron chi connectivity index (χ2n) is 11.8. The lowest BCUT2D eigenvalue weighted by Gasteiger charge is -2.44. The Kier molecular flexibility index (Phi) is 7.97. The molecule has 0 saturated carbocycles. The van der Waals surface area contributed by atoms with Gasteiger partial charge in [0, 0.05) is 32.0 Å². The molecule has 1 atom stereocenters. The molecule has 0 bridgehead atoms. The Hall–Kier alpha value is -3.28. The SMILES string of the molecule is Cc1cc(COc2ccc(Cl)cc2C)c(C)c(C2C(C#N)=C(N)N(c3ccc(I)cc3)C3=C2C(=O)CC(C)(C)C3)c1. The monoisotopic (exact) mass is 677 g/mol. The molecule has 5 nitrogen and oxygen atoms in total. The maximum Gasteiger partial charge on any atom is 0.162 e. The van der Waals surface area contributed by atoms with Crippen molar-refractivity contribution >= 4 is 45.7 Å². The van der Waals surface area contributed by atoms with Gasteiger partial charge in [-0.2, -0.15) is 5.26 Å². The zero-order valence-electron chi connectivity index (χ0n) is 23.9. The maximum absolute atomic E-state index is 14.0. The number of hydrogen-bond acceptors (Lipinski definition) is 5. The molecule has 2 N–H and O–H groups in total. The predicted molar refractivity (Wildman–Crippen MR) is 173 cm³/mol. The van der Waals surface area contributed by atoms with E-state index in [1.165, 1.54) is 0 Å². The molecule has 2 aliphatic rings. The maximum atomic E-state index is 14.0. The Labute approximate surface area is 260 Å². The van der Waals surface area contributed by atoms with Crippen LogP contribution in [0.2, 0.25) is 5.02 Å². The molecule has 1 unspecified atom stereocenters. The lowest BCUT2D eigenvalue weighted by molar-refractivity contribution is -0.118. The van der Waals surface area contributed by atoms with E-state index in [2.05, 4.69) is 54.6 Å². The topological polar surface area (TPSA) is 79.3 Å². The van der Waals surface area contributed by atoms with E-state index in [4.69, 9.17) is 22.1 Å². The Bertz CT molecular complexity index is 1660. The number of nitriles is 1. The number of ketones is 1. The van der Waals surface area contributed by atoms with Crippen LogP contribution in [0, 0.1) is 41.1 Å². The molecule has 3 aromatic rings. The van der Waals surface area contributed by atoms with Crippen molar-refractivity contribution in [2.45, 2.75) is 60.0 Å². The third kappa shape index (κ3) is 5.62. The lowest BCUT2D eigenvalue weighted by atomic mass is 9.68. The van der Waals surface area contributed by atoms with Crippen LogP contribution in [0.5, 0.6) is 5.75 Å². The Balaban J connectivity index is 1.66. The number of anilines is 1. The zero-order chi connectivity index (χ0) is 29.6. The van der Waals surface area contributed by atoms with Crippen LogP contribution in [-0.2, 0) is 11.4 Å². The van der Waals surface area contributed by atoms with E-state index in [9.17, 15) is 10.1 Å². The van der Waals surface area contributed by atoms with Crippen LogP contribution in [0.25, 0.3) is 0 Å². The first-order valence-corrected chi connectivity index (χ1v) is 15.1. The summed E-state index contributed by atoms with van der Waals surface area (Å²) < 4.78 is 7.32. The molecule has 1 aliphatic heterocycles. The molecule has 41 heavy (non-hydrogen) atoms. The van der Waals surface area contributed by atoms with Crippen molar-refractivity contribution in [1.82, 2.24) is 0 Å². The summed E-state index contributed by atoms with van der Waals surface area (Å²) >= 11 is 8.40. The van der Waals surface area contributed by atoms with Gasteiger partial charge in [0.15, 0.2) is 5.78 Å². The van der Waals surface area contributed by atoms with E-state index in [0.29, 0.717) is 41.4 Å². The van der Waals surface area contributed by atoms with Gasteiger partial charge in [-0.25, -0.2) is 0 Å². The minimum absolute atomic E-state index is 0.0625. The highest BCUT2D eigenvalue weighted by molar-refractivity contribution is 14.1. The fraction of sp³-hybridized carbons (Fsp3) is 0.294. The van der Waals surface area contributed by atoms with Crippen molar-refractivity contribution in [1.29, 1.82) is 5.26 Å². The number of carbonyl (C=O) groups excluding carboxylic acids is 1. The molecule has 0 fully saturated rings. The number of ether oxygens (including phenoxy) is 1. The van der Waals surface area contributed by atoms with E-state index in [0.717, 1.165) is 48.5 Å². The van der Waals surface area contributed by atoms with Gasteiger partial charge in [-0.3, -0.25) is 9.69 Å². The Morgan fingerprint density at radius 2 is 1.80 bits per heavy atom. The summed E-state index contributed by atoms with van der Waals surface area (Å²) in [6, 6.07) is 20.2. The van der Waals surface area contributed by atoms with Gasteiger partial charge in [0.2, 0.25) is 0 Å². The number of aryl methyl sites for hydroxylation is 2. The van der Waals surface area contributed by atoms with Gasteiger partial charge >= 0.3 is 0 Å². The fourth-order valence-corrected chi connectivity index (χ4v) is 6.63. The summed E-state index contributed by atoms with van der Waals surface area (Å²) in [4.78, 5) is 15.9. The molecular formula is C34H33ClIN3O2.